The molecular weight excluding hydrogens is 410 g/mol. The molecule has 0 aliphatic carbocycles. The van der Waals surface area contributed by atoms with Crippen molar-refractivity contribution in [3.05, 3.63) is 47.9 Å². The van der Waals surface area contributed by atoms with Gasteiger partial charge in [-0.25, -0.2) is 13.2 Å². The predicted molar refractivity (Wildman–Crippen MR) is 110 cm³/mol. The molecular formula is C20H23N3O6S. The number of nitrogens with one attached hydrogen (secondary N) is 2. The molecule has 0 spiro atoms. The number of carbonyl (C=O) groups is 2. The van der Waals surface area contributed by atoms with Crippen LogP contribution >= 0.6 is 0 Å². The summed E-state index contributed by atoms with van der Waals surface area (Å²) < 4.78 is 37.7. The summed E-state index contributed by atoms with van der Waals surface area (Å²) in [5.41, 5.74) is 0.861. The molecule has 1 aromatic heterocycles. The van der Waals surface area contributed by atoms with Crippen molar-refractivity contribution in [2.24, 2.45) is 4.99 Å². The van der Waals surface area contributed by atoms with Crippen LogP contribution in [-0.4, -0.2) is 39.3 Å². The molecule has 160 valence electrons. The highest BCUT2D eigenvalue weighted by Crippen LogP contribution is 2.17. The second-order valence-corrected chi connectivity index (χ2v) is 8.51. The van der Waals surface area contributed by atoms with Crippen LogP contribution in [0.3, 0.4) is 0 Å². The number of nitrogens with zero attached hydrogens (tertiary/aromatic N) is 1. The van der Waals surface area contributed by atoms with Crippen molar-refractivity contribution in [3.8, 4) is 0 Å². The molecule has 1 aliphatic rings. The maximum Gasteiger partial charge on any atom is 0.375 e. The molecule has 2 aromatic rings. The van der Waals surface area contributed by atoms with Gasteiger partial charge < -0.3 is 14.5 Å². The molecule has 2 N–H and O–H groups in total. The second-order valence-electron chi connectivity index (χ2n) is 6.83. The van der Waals surface area contributed by atoms with Crippen molar-refractivity contribution in [3.63, 3.8) is 0 Å². The summed E-state index contributed by atoms with van der Waals surface area (Å²) in [6, 6.07) is 7.41. The number of aliphatic imine (C=N–C) groups is 1. The largest absolute Gasteiger partial charge is 0.457 e. The van der Waals surface area contributed by atoms with E-state index in [2.05, 4.69) is 15.0 Å². The summed E-state index contributed by atoms with van der Waals surface area (Å²) in [7, 11) is -3.82. The van der Waals surface area contributed by atoms with E-state index in [-0.39, 0.29) is 16.3 Å². The van der Waals surface area contributed by atoms with Crippen LogP contribution in [0.15, 0.2) is 50.9 Å². The number of amidine groups is 1. The average Bonchev–Trinajstić information content (AvgIpc) is 2.98. The third-order valence-corrected chi connectivity index (χ3v) is 5.82. The lowest BCUT2D eigenvalue weighted by Crippen LogP contribution is -2.30. The van der Waals surface area contributed by atoms with Gasteiger partial charge >= 0.3 is 5.97 Å². The maximum atomic E-state index is 12.6. The van der Waals surface area contributed by atoms with Crippen LogP contribution in [0, 0.1) is 6.92 Å². The second kappa shape index (κ2) is 9.57. The van der Waals surface area contributed by atoms with Crippen molar-refractivity contribution >= 4 is 33.4 Å². The number of rotatable bonds is 6. The number of aryl methyl sites for hydroxylation is 1. The van der Waals surface area contributed by atoms with Gasteiger partial charge in [0, 0.05) is 24.2 Å². The van der Waals surface area contributed by atoms with Crippen LogP contribution in [0.2, 0.25) is 0 Å². The number of hydrogen-bond acceptors (Lipinski definition) is 7. The zero-order chi connectivity index (χ0) is 21.6. The van der Waals surface area contributed by atoms with E-state index in [0.717, 1.165) is 19.3 Å². The molecule has 9 nitrogen and oxygen atoms in total. The molecule has 0 radical (unpaired) electrons. The minimum absolute atomic E-state index is 0.00421. The van der Waals surface area contributed by atoms with Crippen LogP contribution in [0.1, 0.15) is 41.8 Å². The molecule has 1 amide bonds. The van der Waals surface area contributed by atoms with Crippen LogP contribution in [0.25, 0.3) is 0 Å². The minimum atomic E-state index is -3.82. The number of carbonyl (C=O) groups excluding carboxylic acids is 2. The molecule has 0 bridgehead atoms. The molecule has 1 aliphatic heterocycles. The standard InChI is InChI=1S/C20H23N3O6S/c1-14-9-11-28-19(14)20(25)29-13-18(24)22-15-6-5-7-16(12-15)30(26,27)23-17-8-3-2-4-10-21-17/h5-7,9,11-12H,2-4,8,10,13H2,1H3,(H,21,23)(H,22,24). The molecule has 0 unspecified atom stereocenters. The number of ether oxygens (including phenoxy) is 1. The van der Waals surface area contributed by atoms with Crippen LogP contribution in [-0.2, 0) is 19.6 Å². The fourth-order valence-corrected chi connectivity index (χ4v) is 4.02. The summed E-state index contributed by atoms with van der Waals surface area (Å²) in [5, 5.41) is 2.51. The fourth-order valence-electron chi connectivity index (χ4n) is 2.89. The first-order chi connectivity index (χ1) is 14.3. The number of anilines is 1. The molecule has 0 saturated carbocycles. The highest BCUT2D eigenvalue weighted by molar-refractivity contribution is 7.90. The quantitative estimate of drug-likeness (QED) is 0.674. The number of amides is 1. The Morgan fingerprint density at radius 2 is 2.03 bits per heavy atom. The SMILES string of the molecule is Cc1ccoc1C(=O)OCC(=O)Nc1cccc(S(=O)(=O)NC2=NCCCCC2)c1. The molecule has 2 heterocycles. The van der Waals surface area contributed by atoms with E-state index in [1.54, 1.807) is 19.1 Å². The van der Waals surface area contributed by atoms with Gasteiger partial charge in [-0.1, -0.05) is 12.5 Å². The van der Waals surface area contributed by atoms with Crippen LogP contribution in [0.4, 0.5) is 5.69 Å². The van der Waals surface area contributed by atoms with E-state index in [4.69, 9.17) is 9.15 Å². The fraction of sp³-hybridized carbons (Fsp3) is 0.350. The summed E-state index contributed by atoms with van der Waals surface area (Å²) >= 11 is 0. The normalized spacial score (nSPS) is 14.4. The summed E-state index contributed by atoms with van der Waals surface area (Å²) in [6.45, 7) is 1.75. The smallest absolute Gasteiger partial charge is 0.375 e. The van der Waals surface area contributed by atoms with E-state index < -0.39 is 28.5 Å². The predicted octanol–water partition coefficient (Wildman–Crippen LogP) is 2.63. The van der Waals surface area contributed by atoms with Gasteiger partial charge in [0.1, 0.15) is 5.84 Å². The van der Waals surface area contributed by atoms with Gasteiger partial charge in [-0.05, 0) is 44.0 Å². The third-order valence-electron chi connectivity index (χ3n) is 4.44. The van der Waals surface area contributed by atoms with E-state index >= 15 is 0 Å². The Labute approximate surface area is 174 Å². The highest BCUT2D eigenvalue weighted by Gasteiger charge is 2.19. The number of furan rings is 1. The Morgan fingerprint density at radius 3 is 2.80 bits per heavy atom. The number of hydrogen-bond donors (Lipinski definition) is 2. The molecule has 10 heteroatoms. The lowest BCUT2D eigenvalue weighted by Gasteiger charge is -2.11. The number of sulfonamides is 1. The molecule has 0 atom stereocenters. The van der Waals surface area contributed by atoms with Gasteiger partial charge in [0.15, 0.2) is 6.61 Å². The average molecular weight is 433 g/mol. The zero-order valence-corrected chi connectivity index (χ0v) is 17.3. The Balaban J connectivity index is 1.60. The topological polar surface area (TPSA) is 127 Å². The van der Waals surface area contributed by atoms with E-state index in [0.29, 0.717) is 24.4 Å². The highest BCUT2D eigenvalue weighted by atomic mass is 32.2. The molecule has 30 heavy (non-hydrogen) atoms. The summed E-state index contributed by atoms with van der Waals surface area (Å²) in [6.07, 6.45) is 4.77. The van der Waals surface area contributed by atoms with E-state index in [1.165, 1.54) is 24.5 Å². The molecule has 0 fully saturated rings. The van der Waals surface area contributed by atoms with Gasteiger partial charge in [-0.2, -0.15) is 0 Å². The number of esters is 1. The summed E-state index contributed by atoms with van der Waals surface area (Å²) in [5.74, 6) is -0.883. The van der Waals surface area contributed by atoms with Gasteiger partial charge in [-0.15, -0.1) is 0 Å². The van der Waals surface area contributed by atoms with E-state index in [1.807, 2.05) is 0 Å². The van der Waals surface area contributed by atoms with Gasteiger partial charge in [0.2, 0.25) is 5.76 Å². The van der Waals surface area contributed by atoms with Crippen LogP contribution < -0.4 is 10.0 Å². The van der Waals surface area contributed by atoms with Crippen molar-refractivity contribution in [2.45, 2.75) is 37.5 Å². The first kappa shape index (κ1) is 21.6. The van der Waals surface area contributed by atoms with E-state index in [9.17, 15) is 18.0 Å². The Bertz CT molecular complexity index is 1060. The first-order valence-electron chi connectivity index (χ1n) is 9.52. The summed E-state index contributed by atoms with van der Waals surface area (Å²) in [4.78, 5) is 28.2. The minimum Gasteiger partial charge on any atom is -0.457 e. The lowest BCUT2D eigenvalue weighted by molar-refractivity contribution is -0.119. The van der Waals surface area contributed by atoms with Crippen LogP contribution in [0.5, 0.6) is 0 Å². The maximum absolute atomic E-state index is 12.6. The number of benzene rings is 1. The van der Waals surface area contributed by atoms with Crippen molar-refractivity contribution in [1.82, 2.24) is 4.72 Å². The Morgan fingerprint density at radius 1 is 1.20 bits per heavy atom. The van der Waals surface area contributed by atoms with Crippen molar-refractivity contribution < 1.29 is 27.2 Å². The van der Waals surface area contributed by atoms with Crippen molar-refractivity contribution in [2.75, 3.05) is 18.5 Å². The third kappa shape index (κ3) is 5.69. The van der Waals surface area contributed by atoms with Gasteiger partial charge in [-0.3, -0.25) is 14.5 Å². The molecule has 0 saturated heterocycles. The monoisotopic (exact) mass is 433 g/mol. The van der Waals surface area contributed by atoms with Gasteiger partial charge in [0.05, 0.1) is 11.2 Å². The lowest BCUT2D eigenvalue weighted by atomic mass is 10.2. The van der Waals surface area contributed by atoms with Crippen molar-refractivity contribution in [1.29, 1.82) is 0 Å². The molecule has 3 rings (SSSR count). The van der Waals surface area contributed by atoms with Gasteiger partial charge in [0.25, 0.3) is 15.9 Å². The zero-order valence-electron chi connectivity index (χ0n) is 16.5. The first-order valence-corrected chi connectivity index (χ1v) is 11.0. The Kier molecular flexibility index (Phi) is 6.88. The Hall–Kier alpha value is -3.14. The molecule has 1 aromatic carbocycles.